The van der Waals surface area contributed by atoms with E-state index < -0.39 is 5.60 Å². The number of anilines is 1. The van der Waals surface area contributed by atoms with Crippen LogP contribution in [0.5, 0.6) is 5.75 Å². The molecule has 44 heavy (non-hydrogen) atoms. The van der Waals surface area contributed by atoms with Gasteiger partial charge in [-0.15, -0.1) is 11.3 Å². The van der Waals surface area contributed by atoms with Crippen LogP contribution in [0.25, 0.3) is 10.4 Å². The van der Waals surface area contributed by atoms with Crippen molar-refractivity contribution in [2.75, 3.05) is 18.8 Å². The molecule has 7 heteroatoms. The van der Waals surface area contributed by atoms with Crippen molar-refractivity contribution >= 4 is 17.2 Å². The van der Waals surface area contributed by atoms with Crippen molar-refractivity contribution in [3.05, 3.63) is 57.9 Å². The van der Waals surface area contributed by atoms with E-state index in [2.05, 4.69) is 96.2 Å². The van der Waals surface area contributed by atoms with Gasteiger partial charge in [0.15, 0.2) is 11.6 Å². The zero-order chi connectivity index (χ0) is 32.1. The standard InChI is InChI=1S/C37H50N4O2S/c1-34(2,3)28-19-24(10-13-37(42)14-15-37)18-27(31(28)35(4,5)6)23-43-29-20-26(21-39-32(29)38)30-22-40-33(44-30)25-11-16-41(17-12-25)36(7,8)9/h18-22,25,42H,11-12,14-17,23H2,1-9H3,(H2,38,39). The lowest BCUT2D eigenvalue weighted by molar-refractivity contribution is 0.102. The third-order valence-electron chi connectivity index (χ3n) is 8.81. The molecule has 0 atom stereocenters. The van der Waals surface area contributed by atoms with Gasteiger partial charge in [0.25, 0.3) is 0 Å². The summed E-state index contributed by atoms with van der Waals surface area (Å²) in [5.74, 6) is 7.77. The average molecular weight is 615 g/mol. The first-order chi connectivity index (χ1) is 20.4. The number of hydrogen-bond donors (Lipinski definition) is 2. The first kappa shape index (κ1) is 32.5. The summed E-state index contributed by atoms with van der Waals surface area (Å²) in [4.78, 5) is 13.0. The fourth-order valence-corrected chi connectivity index (χ4v) is 7.13. The lowest BCUT2D eigenvalue weighted by Crippen LogP contribution is -2.45. The highest BCUT2D eigenvalue weighted by molar-refractivity contribution is 7.15. The molecule has 3 heterocycles. The Bertz CT molecular complexity index is 1560. The quantitative estimate of drug-likeness (QED) is 0.285. The van der Waals surface area contributed by atoms with E-state index in [1.54, 1.807) is 11.3 Å². The highest BCUT2D eigenvalue weighted by Crippen LogP contribution is 2.40. The van der Waals surface area contributed by atoms with Crippen molar-refractivity contribution in [3.8, 4) is 28.0 Å². The number of likely N-dealkylation sites (tertiary alicyclic amines) is 1. The van der Waals surface area contributed by atoms with Gasteiger partial charge in [-0.1, -0.05) is 53.4 Å². The number of aromatic nitrogens is 2. The molecular weight excluding hydrogens is 565 g/mol. The number of nitrogen functional groups attached to an aromatic ring is 1. The van der Waals surface area contributed by atoms with Gasteiger partial charge in [-0.2, -0.15) is 0 Å². The first-order valence-electron chi connectivity index (χ1n) is 16.0. The maximum absolute atomic E-state index is 10.4. The fourth-order valence-electron chi connectivity index (χ4n) is 6.07. The van der Waals surface area contributed by atoms with Crippen LogP contribution in [0.2, 0.25) is 0 Å². The molecule has 0 spiro atoms. The first-order valence-corrected chi connectivity index (χ1v) is 16.8. The number of ether oxygens (including phenoxy) is 1. The van der Waals surface area contributed by atoms with Gasteiger partial charge in [0.1, 0.15) is 12.2 Å². The average Bonchev–Trinajstić information content (AvgIpc) is 3.46. The summed E-state index contributed by atoms with van der Waals surface area (Å²) in [6, 6.07) is 6.30. The zero-order valence-corrected chi connectivity index (χ0v) is 28.9. The van der Waals surface area contributed by atoms with Crippen LogP contribution >= 0.6 is 11.3 Å². The monoisotopic (exact) mass is 614 g/mol. The van der Waals surface area contributed by atoms with Gasteiger partial charge in [-0.05, 0) is 105 Å². The predicted octanol–water partition coefficient (Wildman–Crippen LogP) is 7.82. The van der Waals surface area contributed by atoms with Gasteiger partial charge >= 0.3 is 0 Å². The third kappa shape index (κ3) is 7.47. The molecule has 0 radical (unpaired) electrons. The summed E-state index contributed by atoms with van der Waals surface area (Å²) in [7, 11) is 0. The van der Waals surface area contributed by atoms with E-state index in [-0.39, 0.29) is 16.4 Å². The smallest absolute Gasteiger partial charge is 0.166 e. The lowest BCUT2D eigenvalue weighted by Gasteiger charge is -2.40. The van der Waals surface area contributed by atoms with Crippen LogP contribution in [-0.4, -0.2) is 44.2 Å². The number of rotatable bonds is 5. The molecule has 3 aromatic rings. The SMILES string of the molecule is CC(C)(C)c1cc(C#CC2(O)CC2)cc(COc2cc(-c3cnc(C4CCN(C(C)(C)C)CC4)s3)cnc2N)c1C(C)(C)C. The van der Waals surface area contributed by atoms with Crippen molar-refractivity contribution in [1.29, 1.82) is 0 Å². The molecule has 1 aromatic carbocycles. The highest BCUT2D eigenvalue weighted by Gasteiger charge is 2.38. The van der Waals surface area contributed by atoms with Crippen LogP contribution in [0.1, 0.15) is 121 Å². The highest BCUT2D eigenvalue weighted by atomic mass is 32.1. The molecule has 6 nitrogen and oxygen atoms in total. The van der Waals surface area contributed by atoms with E-state index in [1.807, 2.05) is 18.5 Å². The molecule has 5 rings (SSSR count). The molecule has 1 saturated heterocycles. The Balaban J connectivity index is 1.40. The number of piperidine rings is 1. The minimum absolute atomic E-state index is 0.0979. The molecule has 1 aliphatic heterocycles. The van der Waals surface area contributed by atoms with Gasteiger partial charge in [0, 0.05) is 35.0 Å². The number of benzene rings is 1. The van der Waals surface area contributed by atoms with Gasteiger partial charge in [0.2, 0.25) is 0 Å². The van der Waals surface area contributed by atoms with E-state index in [0.29, 0.717) is 24.1 Å². The Kier molecular flexibility index (Phi) is 8.70. The molecule has 2 aliphatic rings. The second kappa shape index (κ2) is 11.8. The molecule has 2 fully saturated rings. The maximum atomic E-state index is 10.4. The number of thiazole rings is 1. The Labute approximate surface area is 268 Å². The van der Waals surface area contributed by atoms with Crippen molar-refractivity contribution in [2.45, 2.75) is 122 Å². The van der Waals surface area contributed by atoms with Gasteiger partial charge in [-0.25, -0.2) is 9.97 Å². The van der Waals surface area contributed by atoms with Gasteiger partial charge in [-0.3, -0.25) is 4.90 Å². The van der Waals surface area contributed by atoms with E-state index >= 15 is 0 Å². The van der Waals surface area contributed by atoms with Crippen LogP contribution in [0.4, 0.5) is 5.82 Å². The minimum atomic E-state index is -0.831. The summed E-state index contributed by atoms with van der Waals surface area (Å²) in [5, 5.41) is 11.6. The van der Waals surface area contributed by atoms with Crippen molar-refractivity contribution in [3.63, 3.8) is 0 Å². The van der Waals surface area contributed by atoms with E-state index in [0.717, 1.165) is 60.3 Å². The Morgan fingerprint density at radius 1 is 0.977 bits per heavy atom. The number of hydrogen-bond acceptors (Lipinski definition) is 7. The van der Waals surface area contributed by atoms with Crippen molar-refractivity contribution in [2.24, 2.45) is 0 Å². The maximum Gasteiger partial charge on any atom is 0.166 e. The molecule has 1 saturated carbocycles. The fraction of sp³-hybridized carbons (Fsp3) is 0.568. The van der Waals surface area contributed by atoms with Crippen LogP contribution in [0, 0.1) is 11.8 Å². The Morgan fingerprint density at radius 3 is 2.25 bits per heavy atom. The lowest BCUT2D eigenvalue weighted by atomic mass is 9.72. The number of nitrogens with zero attached hydrogens (tertiary/aromatic N) is 3. The minimum Gasteiger partial charge on any atom is -0.485 e. The molecule has 2 aromatic heterocycles. The number of aliphatic hydroxyl groups is 1. The summed E-state index contributed by atoms with van der Waals surface area (Å²) < 4.78 is 6.46. The molecule has 1 aliphatic carbocycles. The molecule has 0 bridgehead atoms. The van der Waals surface area contributed by atoms with Crippen LogP contribution in [0.15, 0.2) is 30.6 Å². The number of nitrogens with two attached hydrogens (primary N) is 1. The van der Waals surface area contributed by atoms with Crippen LogP contribution < -0.4 is 10.5 Å². The second-order valence-electron chi connectivity index (χ2n) is 15.7. The molecule has 3 N–H and O–H groups in total. The Hall–Kier alpha value is -2.92. The van der Waals surface area contributed by atoms with Crippen LogP contribution in [-0.2, 0) is 17.4 Å². The van der Waals surface area contributed by atoms with E-state index in [1.165, 1.54) is 16.1 Å². The third-order valence-corrected chi connectivity index (χ3v) is 10.0. The van der Waals surface area contributed by atoms with E-state index in [9.17, 15) is 5.11 Å². The largest absolute Gasteiger partial charge is 0.485 e. The second-order valence-corrected chi connectivity index (χ2v) is 16.8. The Morgan fingerprint density at radius 2 is 1.66 bits per heavy atom. The summed E-state index contributed by atoms with van der Waals surface area (Å²) in [6.45, 7) is 22.8. The summed E-state index contributed by atoms with van der Waals surface area (Å²) in [5.41, 5.74) is 11.0. The van der Waals surface area contributed by atoms with E-state index in [4.69, 9.17) is 15.5 Å². The molecular formula is C37H50N4O2S. The summed E-state index contributed by atoms with van der Waals surface area (Å²) >= 11 is 1.75. The summed E-state index contributed by atoms with van der Waals surface area (Å²) in [6.07, 6.45) is 7.53. The molecule has 0 amide bonds. The van der Waals surface area contributed by atoms with Gasteiger partial charge in [0.05, 0.1) is 9.88 Å². The van der Waals surface area contributed by atoms with Gasteiger partial charge < -0.3 is 15.6 Å². The van der Waals surface area contributed by atoms with Crippen LogP contribution in [0.3, 0.4) is 0 Å². The molecule has 236 valence electrons. The molecule has 0 unspecified atom stereocenters. The normalized spacial score (nSPS) is 17.7. The number of pyridine rings is 1. The topological polar surface area (TPSA) is 84.5 Å². The zero-order valence-electron chi connectivity index (χ0n) is 28.1. The van der Waals surface area contributed by atoms with Crippen molar-refractivity contribution < 1.29 is 9.84 Å². The predicted molar refractivity (Wildman–Crippen MR) is 182 cm³/mol. The van der Waals surface area contributed by atoms with Crippen molar-refractivity contribution in [1.82, 2.24) is 14.9 Å².